The molecule has 2 aromatic rings. The van der Waals surface area contributed by atoms with E-state index in [-0.39, 0.29) is 6.61 Å². The summed E-state index contributed by atoms with van der Waals surface area (Å²) in [7, 11) is -5.06. The summed E-state index contributed by atoms with van der Waals surface area (Å²) in [6.07, 6.45) is -10.1. The minimum atomic E-state index is -5.06. The van der Waals surface area contributed by atoms with E-state index in [4.69, 9.17) is 4.74 Å². The van der Waals surface area contributed by atoms with Crippen LogP contribution in [0.15, 0.2) is 29.2 Å². The van der Waals surface area contributed by atoms with Gasteiger partial charge in [-0.2, -0.15) is 41.3 Å². The molecule has 1 aromatic heterocycles. The Morgan fingerprint density at radius 3 is 2.12 bits per heavy atom. The topological polar surface area (TPSA) is 123 Å². The number of ether oxygens (including phenoxy) is 1. The summed E-state index contributed by atoms with van der Waals surface area (Å²) < 4.78 is 108. The second kappa shape index (κ2) is 10.4. The quantitative estimate of drug-likeness (QED) is 0.612. The van der Waals surface area contributed by atoms with Gasteiger partial charge in [0.1, 0.15) is 0 Å². The summed E-state index contributed by atoms with van der Waals surface area (Å²) in [5.41, 5.74) is -1.55. The third-order valence-electron chi connectivity index (χ3n) is 3.08. The number of benzene rings is 1. The molecular weight excluding hydrogens is 472 g/mol. The largest absolute Gasteiger partial charge is 0.464 e. The number of nitrogens with zero attached hydrogens (tertiary/aromatic N) is 3. The third-order valence-corrected chi connectivity index (χ3v) is 4.47. The molecule has 9 nitrogen and oxygen atoms in total. The minimum absolute atomic E-state index is 0.143. The minimum Gasteiger partial charge on any atom is -0.464 e. The lowest BCUT2D eigenvalue weighted by Gasteiger charge is -2.14. The lowest BCUT2D eigenvalue weighted by Crippen LogP contribution is -2.36. The number of carbonyl (C=O) groups excluding carboxylic acids is 1. The van der Waals surface area contributed by atoms with Gasteiger partial charge in [0.2, 0.25) is 11.8 Å². The summed E-state index contributed by atoms with van der Waals surface area (Å²) >= 11 is 0. The molecule has 178 valence electrons. The number of carbonyl (C=O) groups is 1. The van der Waals surface area contributed by atoms with Crippen LogP contribution >= 0.6 is 0 Å². The van der Waals surface area contributed by atoms with Crippen LogP contribution in [0.2, 0.25) is 0 Å². The van der Waals surface area contributed by atoms with E-state index < -0.39 is 56.6 Å². The molecule has 0 saturated heterocycles. The van der Waals surface area contributed by atoms with E-state index in [1.54, 1.807) is 5.32 Å². The Bertz CT molecular complexity index is 1040. The summed E-state index contributed by atoms with van der Waals surface area (Å²) in [4.78, 5) is 19.9. The molecule has 0 bridgehead atoms. The molecule has 0 saturated carbocycles. The number of rotatable bonds is 5. The predicted molar refractivity (Wildman–Crippen MR) is 98.1 cm³/mol. The Labute approximate surface area is 178 Å². The number of sulfonamides is 1. The predicted octanol–water partition coefficient (Wildman–Crippen LogP) is 3.84. The van der Waals surface area contributed by atoms with Gasteiger partial charge in [-0.25, -0.2) is 17.9 Å². The maximum Gasteiger partial charge on any atom is 0.451 e. The second-order valence-corrected chi connectivity index (χ2v) is 6.90. The summed E-state index contributed by atoms with van der Waals surface area (Å²) in [5, 5.41) is 1.58. The van der Waals surface area contributed by atoms with Gasteiger partial charge in [-0.3, -0.25) is 5.32 Å². The molecule has 0 unspecified atom stereocenters. The van der Waals surface area contributed by atoms with Crippen molar-refractivity contribution < 1.29 is 44.3 Å². The van der Waals surface area contributed by atoms with Crippen molar-refractivity contribution in [3.05, 3.63) is 35.7 Å². The molecule has 0 aliphatic heterocycles. The van der Waals surface area contributed by atoms with E-state index in [9.17, 15) is 39.6 Å². The van der Waals surface area contributed by atoms with Crippen LogP contribution in [0.1, 0.15) is 32.2 Å². The van der Waals surface area contributed by atoms with Crippen LogP contribution < -0.4 is 14.8 Å². The number of anilines is 1. The molecule has 0 aliphatic rings. The fraction of sp³-hybridized carbons (Fsp3) is 0.375. The molecule has 2 amide bonds. The lowest BCUT2D eigenvalue weighted by atomic mass is 10.2. The van der Waals surface area contributed by atoms with Gasteiger partial charge < -0.3 is 4.74 Å². The highest BCUT2D eigenvalue weighted by Gasteiger charge is 2.38. The van der Waals surface area contributed by atoms with Crippen molar-refractivity contribution in [3.8, 4) is 6.01 Å². The van der Waals surface area contributed by atoms with E-state index in [2.05, 4.69) is 15.0 Å². The van der Waals surface area contributed by atoms with Gasteiger partial charge in [-0.1, -0.05) is 26.0 Å². The van der Waals surface area contributed by atoms with Crippen molar-refractivity contribution in [2.75, 3.05) is 11.9 Å². The Morgan fingerprint density at radius 2 is 1.59 bits per heavy atom. The van der Waals surface area contributed by atoms with Crippen molar-refractivity contribution in [1.29, 1.82) is 0 Å². The number of hydrogen-bond donors (Lipinski definition) is 2. The van der Waals surface area contributed by atoms with Crippen LogP contribution in [-0.4, -0.2) is 36.0 Å². The third kappa shape index (κ3) is 7.21. The monoisotopic (exact) mass is 489 g/mol. The van der Waals surface area contributed by atoms with E-state index in [1.165, 1.54) is 11.6 Å². The number of halogens is 6. The zero-order valence-corrected chi connectivity index (χ0v) is 17.5. The first-order valence-electron chi connectivity index (χ1n) is 8.70. The molecule has 1 heterocycles. The average molecular weight is 489 g/mol. The van der Waals surface area contributed by atoms with Crippen LogP contribution in [0.25, 0.3) is 0 Å². The smallest absolute Gasteiger partial charge is 0.451 e. The SMILES string of the molecule is CC.CCOc1nc(NC(=O)NS(=O)(=O)c2ccccc2C(F)(F)F)nc(C(F)(F)F)n1. The van der Waals surface area contributed by atoms with Crippen LogP contribution in [0, 0.1) is 0 Å². The number of alkyl halides is 6. The first kappa shape index (κ1) is 26.9. The Balaban J connectivity index is 0.00000249. The van der Waals surface area contributed by atoms with Gasteiger partial charge >= 0.3 is 24.4 Å². The highest BCUT2D eigenvalue weighted by atomic mass is 32.2. The van der Waals surface area contributed by atoms with Crippen molar-refractivity contribution in [2.24, 2.45) is 0 Å². The Kier molecular flexibility index (Phi) is 8.75. The van der Waals surface area contributed by atoms with E-state index in [0.717, 1.165) is 12.1 Å². The van der Waals surface area contributed by atoms with Gasteiger partial charge in [0.05, 0.1) is 17.1 Å². The average Bonchev–Trinajstić information content (AvgIpc) is 2.68. The summed E-state index contributed by atoms with van der Waals surface area (Å²) in [6.45, 7) is 5.26. The summed E-state index contributed by atoms with van der Waals surface area (Å²) in [6, 6.07) is 0.450. The number of amides is 2. The number of urea groups is 1. The standard InChI is InChI=1S/C14H11F6N5O4S.C2H6/c1-2-29-12-22-9(14(18,19)20)21-10(24-12)23-11(26)25-30(27,28)8-6-4-3-5-7(8)13(15,16)17;1-2/h3-6H,2H2,1H3,(H2,21,22,23,24,25,26);1-2H3. The highest BCUT2D eigenvalue weighted by molar-refractivity contribution is 7.90. The Morgan fingerprint density at radius 1 is 1.00 bits per heavy atom. The summed E-state index contributed by atoms with van der Waals surface area (Å²) in [5.74, 6) is -2.79. The van der Waals surface area contributed by atoms with E-state index >= 15 is 0 Å². The van der Waals surface area contributed by atoms with Crippen LogP contribution in [0.3, 0.4) is 0 Å². The first-order chi connectivity index (χ1) is 14.7. The van der Waals surface area contributed by atoms with Crippen LogP contribution in [0.5, 0.6) is 6.01 Å². The first-order valence-corrected chi connectivity index (χ1v) is 10.2. The maximum absolute atomic E-state index is 13.0. The van der Waals surface area contributed by atoms with E-state index in [0.29, 0.717) is 12.1 Å². The molecule has 0 aliphatic carbocycles. The highest BCUT2D eigenvalue weighted by Crippen LogP contribution is 2.34. The molecular formula is C16H17F6N5O4S. The van der Waals surface area contributed by atoms with Gasteiger partial charge in [-0.05, 0) is 19.1 Å². The maximum atomic E-state index is 13.0. The van der Waals surface area contributed by atoms with Gasteiger partial charge in [0.25, 0.3) is 10.0 Å². The fourth-order valence-electron chi connectivity index (χ4n) is 1.97. The van der Waals surface area contributed by atoms with Crippen molar-refractivity contribution in [2.45, 2.75) is 38.0 Å². The van der Waals surface area contributed by atoms with Crippen molar-refractivity contribution >= 4 is 22.0 Å². The number of aromatic nitrogens is 3. The second-order valence-electron chi connectivity index (χ2n) is 5.25. The molecule has 1 aromatic carbocycles. The fourth-order valence-corrected chi connectivity index (χ4v) is 3.11. The van der Waals surface area contributed by atoms with Crippen molar-refractivity contribution in [3.63, 3.8) is 0 Å². The molecule has 0 radical (unpaired) electrons. The van der Waals surface area contributed by atoms with Gasteiger partial charge in [0, 0.05) is 0 Å². The molecule has 2 N–H and O–H groups in total. The Hall–Kier alpha value is -3.17. The molecule has 0 fully saturated rings. The van der Waals surface area contributed by atoms with Crippen LogP contribution in [-0.2, 0) is 22.4 Å². The normalized spacial score (nSPS) is 11.8. The van der Waals surface area contributed by atoms with Gasteiger partial charge in [0.15, 0.2) is 0 Å². The van der Waals surface area contributed by atoms with E-state index in [1.807, 2.05) is 13.8 Å². The van der Waals surface area contributed by atoms with Crippen molar-refractivity contribution in [1.82, 2.24) is 19.7 Å². The molecule has 2 rings (SSSR count). The zero-order valence-electron chi connectivity index (χ0n) is 16.7. The molecule has 0 atom stereocenters. The van der Waals surface area contributed by atoms with Gasteiger partial charge in [-0.15, -0.1) is 0 Å². The zero-order chi connectivity index (χ0) is 24.7. The molecule has 16 heteroatoms. The lowest BCUT2D eigenvalue weighted by molar-refractivity contribution is -0.145. The molecule has 32 heavy (non-hydrogen) atoms. The number of hydrogen-bond acceptors (Lipinski definition) is 7. The number of nitrogens with one attached hydrogen (secondary N) is 2. The molecule has 0 spiro atoms. The van der Waals surface area contributed by atoms with Crippen LogP contribution in [0.4, 0.5) is 37.1 Å².